The first-order valence-corrected chi connectivity index (χ1v) is 8.88. The fourth-order valence-corrected chi connectivity index (χ4v) is 2.90. The Morgan fingerprint density at radius 2 is 2.00 bits per heavy atom. The number of nitrogens with zero attached hydrogens (tertiary/aromatic N) is 2. The molecule has 0 aliphatic carbocycles. The SMILES string of the molecule is CCNC(=NCCc1ccc(CC)cc1)N(C)CC1CCOC1. The molecule has 1 aliphatic heterocycles. The molecule has 128 valence electrons. The minimum atomic E-state index is 0.630. The van der Waals surface area contributed by atoms with Crippen molar-refractivity contribution in [3.63, 3.8) is 0 Å². The van der Waals surface area contributed by atoms with Crippen LogP contribution < -0.4 is 5.32 Å². The van der Waals surface area contributed by atoms with Gasteiger partial charge in [-0.3, -0.25) is 4.99 Å². The van der Waals surface area contributed by atoms with E-state index >= 15 is 0 Å². The van der Waals surface area contributed by atoms with Crippen LogP contribution in [0.3, 0.4) is 0 Å². The van der Waals surface area contributed by atoms with E-state index in [9.17, 15) is 0 Å². The monoisotopic (exact) mass is 317 g/mol. The number of nitrogens with one attached hydrogen (secondary N) is 1. The van der Waals surface area contributed by atoms with Gasteiger partial charge in [0.25, 0.3) is 0 Å². The third-order valence-corrected chi connectivity index (χ3v) is 4.35. The summed E-state index contributed by atoms with van der Waals surface area (Å²) in [6.45, 7) is 8.82. The molecule has 0 saturated carbocycles. The Bertz CT molecular complexity index is 478. The minimum Gasteiger partial charge on any atom is -0.381 e. The molecule has 1 heterocycles. The summed E-state index contributed by atoms with van der Waals surface area (Å²) in [6.07, 6.45) is 3.24. The van der Waals surface area contributed by atoms with E-state index in [1.165, 1.54) is 11.1 Å². The van der Waals surface area contributed by atoms with Gasteiger partial charge in [0.05, 0.1) is 6.61 Å². The van der Waals surface area contributed by atoms with Crippen molar-refractivity contribution in [3.05, 3.63) is 35.4 Å². The summed E-state index contributed by atoms with van der Waals surface area (Å²) in [6, 6.07) is 8.88. The molecule has 4 heteroatoms. The highest BCUT2D eigenvalue weighted by Gasteiger charge is 2.18. The van der Waals surface area contributed by atoms with Gasteiger partial charge in [-0.1, -0.05) is 31.2 Å². The van der Waals surface area contributed by atoms with Gasteiger partial charge in [0.1, 0.15) is 0 Å². The van der Waals surface area contributed by atoms with E-state index in [-0.39, 0.29) is 0 Å². The predicted molar refractivity (Wildman–Crippen MR) is 97.1 cm³/mol. The maximum Gasteiger partial charge on any atom is 0.193 e. The standard InChI is InChI=1S/C19H31N3O/c1-4-16-6-8-17(9-7-16)10-12-21-19(20-5-2)22(3)14-18-11-13-23-15-18/h6-9,18H,4-5,10-15H2,1-3H3,(H,20,21). The van der Waals surface area contributed by atoms with Gasteiger partial charge in [0.2, 0.25) is 0 Å². The molecule has 1 atom stereocenters. The molecular formula is C19H31N3O. The Morgan fingerprint density at radius 3 is 2.61 bits per heavy atom. The molecule has 0 amide bonds. The smallest absolute Gasteiger partial charge is 0.193 e. The Hall–Kier alpha value is -1.55. The van der Waals surface area contributed by atoms with Gasteiger partial charge in [0.15, 0.2) is 5.96 Å². The highest BCUT2D eigenvalue weighted by molar-refractivity contribution is 5.79. The van der Waals surface area contributed by atoms with Gasteiger partial charge in [-0.05, 0) is 37.3 Å². The van der Waals surface area contributed by atoms with Crippen molar-refractivity contribution in [2.24, 2.45) is 10.9 Å². The topological polar surface area (TPSA) is 36.9 Å². The Kier molecular flexibility index (Phi) is 7.40. The number of aliphatic imine (C=N–C) groups is 1. The van der Waals surface area contributed by atoms with Crippen LogP contribution in [0.2, 0.25) is 0 Å². The highest BCUT2D eigenvalue weighted by Crippen LogP contribution is 2.13. The molecule has 0 aromatic heterocycles. The van der Waals surface area contributed by atoms with Crippen LogP contribution in [0.15, 0.2) is 29.3 Å². The van der Waals surface area contributed by atoms with Crippen molar-refractivity contribution < 1.29 is 4.74 Å². The van der Waals surface area contributed by atoms with Crippen LogP contribution >= 0.6 is 0 Å². The maximum atomic E-state index is 5.47. The van der Waals surface area contributed by atoms with Gasteiger partial charge in [-0.25, -0.2) is 0 Å². The minimum absolute atomic E-state index is 0.630. The molecule has 1 fully saturated rings. The summed E-state index contributed by atoms with van der Waals surface area (Å²) in [5.74, 6) is 1.63. The molecule has 1 N–H and O–H groups in total. The fourth-order valence-electron chi connectivity index (χ4n) is 2.90. The van der Waals surface area contributed by atoms with Gasteiger partial charge >= 0.3 is 0 Å². The summed E-state index contributed by atoms with van der Waals surface area (Å²) < 4.78 is 5.47. The molecule has 2 rings (SSSR count). The molecule has 1 aromatic carbocycles. The average molecular weight is 317 g/mol. The lowest BCUT2D eigenvalue weighted by atomic mass is 10.1. The number of guanidine groups is 1. The van der Waals surface area contributed by atoms with Crippen LogP contribution in [0, 0.1) is 5.92 Å². The van der Waals surface area contributed by atoms with Gasteiger partial charge in [0, 0.05) is 39.2 Å². The van der Waals surface area contributed by atoms with Crippen molar-refractivity contribution >= 4 is 5.96 Å². The Labute approximate surface area is 140 Å². The second-order valence-electron chi connectivity index (χ2n) is 6.27. The predicted octanol–water partition coefficient (Wildman–Crippen LogP) is 2.73. The molecule has 23 heavy (non-hydrogen) atoms. The van der Waals surface area contributed by atoms with Crippen molar-refractivity contribution in [1.29, 1.82) is 0 Å². The zero-order valence-electron chi connectivity index (χ0n) is 14.8. The third-order valence-electron chi connectivity index (χ3n) is 4.35. The van der Waals surface area contributed by atoms with E-state index in [2.05, 4.69) is 55.4 Å². The molecule has 4 nitrogen and oxygen atoms in total. The largest absolute Gasteiger partial charge is 0.381 e. The second-order valence-corrected chi connectivity index (χ2v) is 6.27. The van der Waals surface area contributed by atoms with Crippen LogP contribution in [0.5, 0.6) is 0 Å². The summed E-state index contributed by atoms with van der Waals surface area (Å²) in [4.78, 5) is 7.02. The normalized spacial score (nSPS) is 18.2. The summed E-state index contributed by atoms with van der Waals surface area (Å²) in [5.41, 5.74) is 2.75. The van der Waals surface area contributed by atoms with Crippen LogP contribution in [-0.4, -0.2) is 50.8 Å². The Morgan fingerprint density at radius 1 is 1.26 bits per heavy atom. The molecule has 0 bridgehead atoms. The summed E-state index contributed by atoms with van der Waals surface area (Å²) >= 11 is 0. The average Bonchev–Trinajstić information content (AvgIpc) is 3.07. The molecular weight excluding hydrogens is 286 g/mol. The quantitative estimate of drug-likeness (QED) is 0.620. The van der Waals surface area contributed by atoms with E-state index in [1.807, 2.05) is 0 Å². The molecule has 1 aromatic rings. The second kappa shape index (κ2) is 9.56. The number of hydrogen-bond donors (Lipinski definition) is 1. The number of rotatable bonds is 7. The third kappa shape index (κ3) is 5.87. The zero-order chi connectivity index (χ0) is 16.5. The van der Waals surface area contributed by atoms with Crippen LogP contribution in [0.25, 0.3) is 0 Å². The van der Waals surface area contributed by atoms with Crippen molar-refractivity contribution in [2.45, 2.75) is 33.1 Å². The van der Waals surface area contributed by atoms with Crippen molar-refractivity contribution in [2.75, 3.05) is 39.9 Å². The zero-order valence-corrected chi connectivity index (χ0v) is 14.8. The molecule has 1 unspecified atom stereocenters. The number of ether oxygens (including phenoxy) is 1. The molecule has 1 saturated heterocycles. The highest BCUT2D eigenvalue weighted by atomic mass is 16.5. The number of benzene rings is 1. The first kappa shape index (κ1) is 17.8. The Balaban J connectivity index is 1.86. The van der Waals surface area contributed by atoms with Crippen molar-refractivity contribution in [1.82, 2.24) is 10.2 Å². The van der Waals surface area contributed by atoms with E-state index in [0.717, 1.165) is 58.1 Å². The van der Waals surface area contributed by atoms with E-state index < -0.39 is 0 Å². The van der Waals surface area contributed by atoms with Gasteiger partial charge < -0.3 is 15.0 Å². The summed E-state index contributed by atoms with van der Waals surface area (Å²) in [5, 5.41) is 3.40. The van der Waals surface area contributed by atoms with Gasteiger partial charge in [-0.15, -0.1) is 0 Å². The van der Waals surface area contributed by atoms with Crippen LogP contribution in [0.4, 0.5) is 0 Å². The summed E-state index contributed by atoms with van der Waals surface area (Å²) in [7, 11) is 2.12. The molecule has 0 spiro atoms. The number of aryl methyl sites for hydroxylation is 1. The lowest BCUT2D eigenvalue weighted by Crippen LogP contribution is -2.41. The van der Waals surface area contributed by atoms with Crippen LogP contribution in [-0.2, 0) is 17.6 Å². The fraction of sp³-hybridized carbons (Fsp3) is 0.632. The van der Waals surface area contributed by atoms with E-state index in [4.69, 9.17) is 9.73 Å². The lowest BCUT2D eigenvalue weighted by Gasteiger charge is -2.24. The first-order valence-electron chi connectivity index (χ1n) is 8.88. The van der Waals surface area contributed by atoms with E-state index in [1.54, 1.807) is 0 Å². The van der Waals surface area contributed by atoms with Gasteiger partial charge in [-0.2, -0.15) is 0 Å². The lowest BCUT2D eigenvalue weighted by molar-refractivity contribution is 0.181. The maximum absolute atomic E-state index is 5.47. The van der Waals surface area contributed by atoms with Crippen molar-refractivity contribution in [3.8, 4) is 0 Å². The molecule has 1 aliphatic rings. The van der Waals surface area contributed by atoms with Crippen LogP contribution in [0.1, 0.15) is 31.4 Å². The van der Waals surface area contributed by atoms with E-state index in [0.29, 0.717) is 5.92 Å². The molecule has 0 radical (unpaired) electrons. The number of hydrogen-bond acceptors (Lipinski definition) is 2. The first-order chi connectivity index (χ1) is 11.2.